The summed E-state index contributed by atoms with van der Waals surface area (Å²) in [6.07, 6.45) is 10.6. The molecule has 0 nitrogen and oxygen atoms in total. The molecule has 0 amide bonds. The summed E-state index contributed by atoms with van der Waals surface area (Å²) in [5.74, 6) is 0. The lowest BCUT2D eigenvalue weighted by atomic mass is 9.95. The van der Waals surface area contributed by atoms with E-state index in [1.165, 1.54) is 16.7 Å². The largest absolute Gasteiger partial charge is 0.0985 e. The quantitative estimate of drug-likeness (QED) is 0.392. The molecule has 0 saturated carbocycles. The van der Waals surface area contributed by atoms with Crippen molar-refractivity contribution in [3.63, 3.8) is 0 Å². The SMILES string of the molecule is C=Cc1ccccc1.CC(C)(C)C=Cc1ccccc1.CC(C)(C)C=Cc1ccccc1. The smallest absolute Gasteiger partial charge is 0.0200 e. The molecule has 3 aromatic carbocycles. The van der Waals surface area contributed by atoms with E-state index < -0.39 is 0 Å². The molecule has 0 saturated heterocycles. The minimum Gasteiger partial charge on any atom is -0.0985 e. The molecule has 168 valence electrons. The molecule has 32 heavy (non-hydrogen) atoms. The third kappa shape index (κ3) is 14.8. The minimum atomic E-state index is 0.274. The molecule has 0 aliphatic heterocycles. The molecule has 0 unspecified atom stereocenters. The average Bonchev–Trinajstić information content (AvgIpc) is 2.78. The highest BCUT2D eigenvalue weighted by Crippen LogP contribution is 2.17. The van der Waals surface area contributed by atoms with E-state index in [9.17, 15) is 0 Å². The summed E-state index contributed by atoms with van der Waals surface area (Å²) in [4.78, 5) is 0. The van der Waals surface area contributed by atoms with Gasteiger partial charge in [-0.15, -0.1) is 0 Å². The first kappa shape index (κ1) is 26.9. The molecule has 0 fully saturated rings. The molecule has 3 rings (SSSR count). The fourth-order valence-corrected chi connectivity index (χ4v) is 2.41. The Kier molecular flexibility index (Phi) is 11.8. The third-order valence-corrected chi connectivity index (χ3v) is 4.19. The Morgan fingerprint density at radius 2 is 0.750 bits per heavy atom. The van der Waals surface area contributed by atoms with Gasteiger partial charge in [0.15, 0.2) is 0 Å². The zero-order chi connectivity index (χ0) is 23.9. The summed E-state index contributed by atoms with van der Waals surface area (Å²) in [5.41, 5.74) is 4.26. The van der Waals surface area contributed by atoms with Crippen molar-refractivity contribution in [2.75, 3.05) is 0 Å². The molecule has 0 heterocycles. The monoisotopic (exact) mass is 424 g/mol. The Balaban J connectivity index is 0.000000245. The van der Waals surface area contributed by atoms with E-state index in [4.69, 9.17) is 0 Å². The second kappa shape index (κ2) is 14.0. The zero-order valence-electron chi connectivity index (χ0n) is 20.8. The number of hydrogen-bond donors (Lipinski definition) is 0. The van der Waals surface area contributed by atoms with E-state index >= 15 is 0 Å². The van der Waals surface area contributed by atoms with Crippen molar-refractivity contribution in [1.82, 2.24) is 0 Å². The lowest BCUT2D eigenvalue weighted by Crippen LogP contribution is -1.97. The highest BCUT2D eigenvalue weighted by atomic mass is 14.1. The molecule has 0 aliphatic rings. The van der Waals surface area contributed by atoms with Crippen LogP contribution in [0.25, 0.3) is 18.2 Å². The number of hydrogen-bond acceptors (Lipinski definition) is 0. The summed E-state index contributed by atoms with van der Waals surface area (Å²) < 4.78 is 0. The van der Waals surface area contributed by atoms with E-state index in [0.717, 1.165) is 0 Å². The van der Waals surface area contributed by atoms with Gasteiger partial charge in [-0.1, -0.05) is 169 Å². The molecule has 3 aromatic rings. The molecule has 0 bridgehead atoms. The molecule has 0 atom stereocenters. The van der Waals surface area contributed by atoms with Crippen molar-refractivity contribution in [3.05, 3.63) is 126 Å². The van der Waals surface area contributed by atoms with Gasteiger partial charge < -0.3 is 0 Å². The van der Waals surface area contributed by atoms with E-state index in [1.54, 1.807) is 0 Å². The Morgan fingerprint density at radius 1 is 0.469 bits per heavy atom. The molecule has 0 radical (unpaired) electrons. The van der Waals surface area contributed by atoms with E-state index in [2.05, 4.69) is 121 Å². The van der Waals surface area contributed by atoms with E-state index in [-0.39, 0.29) is 10.8 Å². The number of allylic oxidation sites excluding steroid dienone is 2. The highest BCUT2D eigenvalue weighted by Gasteiger charge is 2.03. The summed E-state index contributed by atoms with van der Waals surface area (Å²) >= 11 is 0. The van der Waals surface area contributed by atoms with Crippen molar-refractivity contribution in [3.8, 4) is 0 Å². The maximum Gasteiger partial charge on any atom is -0.0200 e. The lowest BCUT2D eigenvalue weighted by Gasteiger charge is -2.10. The van der Waals surface area contributed by atoms with Crippen LogP contribution in [-0.2, 0) is 0 Å². The molecule has 0 aliphatic carbocycles. The van der Waals surface area contributed by atoms with Gasteiger partial charge >= 0.3 is 0 Å². The second-order valence-electron chi connectivity index (χ2n) is 9.83. The normalized spacial score (nSPS) is 11.3. The molecule has 0 spiro atoms. The second-order valence-corrected chi connectivity index (χ2v) is 9.83. The minimum absolute atomic E-state index is 0.274. The average molecular weight is 425 g/mol. The number of rotatable bonds is 3. The Hall–Kier alpha value is -3.12. The fourth-order valence-electron chi connectivity index (χ4n) is 2.41. The van der Waals surface area contributed by atoms with Gasteiger partial charge in [0.25, 0.3) is 0 Å². The van der Waals surface area contributed by atoms with Gasteiger partial charge in [-0.3, -0.25) is 0 Å². The van der Waals surface area contributed by atoms with Crippen LogP contribution in [0.3, 0.4) is 0 Å². The highest BCUT2D eigenvalue weighted by molar-refractivity contribution is 5.50. The Bertz CT molecular complexity index is 857. The molecule has 0 heteroatoms. The van der Waals surface area contributed by atoms with Crippen LogP contribution in [0.4, 0.5) is 0 Å². The molecular weight excluding hydrogens is 384 g/mol. The maximum atomic E-state index is 3.63. The van der Waals surface area contributed by atoms with Crippen LogP contribution in [0.5, 0.6) is 0 Å². The Morgan fingerprint density at radius 3 is 0.969 bits per heavy atom. The molecule has 0 aromatic heterocycles. The molecule has 0 N–H and O–H groups in total. The van der Waals surface area contributed by atoms with Gasteiger partial charge in [0.05, 0.1) is 0 Å². The van der Waals surface area contributed by atoms with Crippen molar-refractivity contribution in [2.45, 2.75) is 41.5 Å². The lowest BCUT2D eigenvalue weighted by molar-refractivity contribution is 0.547. The number of benzene rings is 3. The first-order valence-corrected chi connectivity index (χ1v) is 11.3. The van der Waals surface area contributed by atoms with Crippen LogP contribution in [-0.4, -0.2) is 0 Å². The van der Waals surface area contributed by atoms with Crippen molar-refractivity contribution in [1.29, 1.82) is 0 Å². The van der Waals surface area contributed by atoms with E-state index in [1.807, 2.05) is 48.5 Å². The van der Waals surface area contributed by atoms with Crippen molar-refractivity contribution < 1.29 is 0 Å². The zero-order valence-corrected chi connectivity index (χ0v) is 20.8. The molecular formula is C32H40. The van der Waals surface area contributed by atoms with Gasteiger partial charge in [-0.05, 0) is 27.5 Å². The van der Waals surface area contributed by atoms with Crippen LogP contribution < -0.4 is 0 Å². The summed E-state index contributed by atoms with van der Waals surface area (Å²) in [6.45, 7) is 16.8. The maximum absolute atomic E-state index is 3.63. The van der Waals surface area contributed by atoms with Crippen molar-refractivity contribution in [2.24, 2.45) is 10.8 Å². The van der Waals surface area contributed by atoms with Crippen LogP contribution >= 0.6 is 0 Å². The first-order chi connectivity index (χ1) is 15.1. The summed E-state index contributed by atoms with van der Waals surface area (Å²) in [6, 6.07) is 30.8. The van der Waals surface area contributed by atoms with Crippen LogP contribution in [0.1, 0.15) is 58.2 Å². The van der Waals surface area contributed by atoms with Gasteiger partial charge in [0, 0.05) is 0 Å². The van der Waals surface area contributed by atoms with Gasteiger partial charge in [-0.25, -0.2) is 0 Å². The van der Waals surface area contributed by atoms with Gasteiger partial charge in [0.2, 0.25) is 0 Å². The van der Waals surface area contributed by atoms with E-state index in [0.29, 0.717) is 0 Å². The van der Waals surface area contributed by atoms with Crippen molar-refractivity contribution >= 4 is 18.2 Å². The van der Waals surface area contributed by atoms with Gasteiger partial charge in [0.1, 0.15) is 0 Å². The first-order valence-electron chi connectivity index (χ1n) is 11.3. The van der Waals surface area contributed by atoms with Crippen LogP contribution in [0, 0.1) is 10.8 Å². The van der Waals surface area contributed by atoms with Crippen LogP contribution in [0.15, 0.2) is 110 Å². The summed E-state index contributed by atoms with van der Waals surface area (Å²) in [7, 11) is 0. The van der Waals surface area contributed by atoms with Gasteiger partial charge in [-0.2, -0.15) is 0 Å². The predicted molar refractivity (Wildman–Crippen MR) is 146 cm³/mol. The third-order valence-electron chi connectivity index (χ3n) is 4.19. The summed E-state index contributed by atoms with van der Waals surface area (Å²) in [5, 5.41) is 0. The fraction of sp³-hybridized carbons (Fsp3) is 0.250. The standard InChI is InChI=1S/2C12H16.C8H8/c2*1-12(2,3)10-9-11-7-5-4-6-8-11;1-2-8-6-4-3-5-7-8/h2*4-10H,1-3H3;2-7H,1H2. The topological polar surface area (TPSA) is 0 Å². The predicted octanol–water partition coefficient (Wildman–Crippen LogP) is 9.82. The Labute approximate surface area is 197 Å². The van der Waals surface area contributed by atoms with Crippen LogP contribution in [0.2, 0.25) is 0 Å².